The lowest BCUT2D eigenvalue weighted by atomic mass is 10.2. The molecule has 0 saturated heterocycles. The lowest BCUT2D eigenvalue weighted by Crippen LogP contribution is -2.23. The summed E-state index contributed by atoms with van der Waals surface area (Å²) in [5, 5.41) is 6.71. The summed E-state index contributed by atoms with van der Waals surface area (Å²) in [7, 11) is 0. The molecule has 2 rings (SSSR count). The van der Waals surface area contributed by atoms with Crippen molar-refractivity contribution in [1.29, 1.82) is 0 Å². The monoisotopic (exact) mass is 249 g/mol. The van der Waals surface area contributed by atoms with Crippen LogP contribution in [-0.2, 0) is 6.54 Å². The van der Waals surface area contributed by atoms with Crippen LogP contribution in [0, 0.1) is 12.7 Å². The molecule has 0 radical (unpaired) electrons. The van der Waals surface area contributed by atoms with Crippen LogP contribution in [0.3, 0.4) is 0 Å². The van der Waals surface area contributed by atoms with Gasteiger partial charge in [0, 0.05) is 6.54 Å². The largest absolute Gasteiger partial charge is 0.348 e. The number of thiophene rings is 1. The number of carbonyl (C=O) groups is 1. The smallest absolute Gasteiger partial charge is 0.254 e. The van der Waals surface area contributed by atoms with Gasteiger partial charge in [-0.25, -0.2) is 4.39 Å². The van der Waals surface area contributed by atoms with Crippen molar-refractivity contribution in [1.82, 2.24) is 5.32 Å². The van der Waals surface area contributed by atoms with Crippen molar-refractivity contribution >= 4 is 17.2 Å². The van der Waals surface area contributed by atoms with Crippen LogP contribution in [0.1, 0.15) is 21.5 Å². The van der Waals surface area contributed by atoms with Crippen LogP contribution in [0.25, 0.3) is 0 Å². The van der Waals surface area contributed by atoms with Gasteiger partial charge in [0.2, 0.25) is 0 Å². The van der Waals surface area contributed by atoms with Crippen molar-refractivity contribution in [2.75, 3.05) is 0 Å². The van der Waals surface area contributed by atoms with Gasteiger partial charge in [0.1, 0.15) is 5.82 Å². The molecule has 1 N–H and O–H groups in total. The standard InChI is InChI=1S/C13H12FNOS/c1-9-7-17-8-10(9)6-15-13(16)11-4-2-3-5-12(11)14/h2-5,7-8H,6H2,1H3,(H,15,16). The Bertz CT molecular complexity index is 536. The Balaban J connectivity index is 2.04. The Morgan fingerprint density at radius 3 is 2.76 bits per heavy atom. The number of halogens is 1. The van der Waals surface area contributed by atoms with Crippen LogP contribution in [-0.4, -0.2) is 5.91 Å². The average Bonchev–Trinajstić information content (AvgIpc) is 2.72. The molecular weight excluding hydrogens is 237 g/mol. The summed E-state index contributed by atoms with van der Waals surface area (Å²) in [6.07, 6.45) is 0. The molecule has 0 atom stereocenters. The third-order valence-corrected chi connectivity index (χ3v) is 3.43. The maximum absolute atomic E-state index is 13.3. The van der Waals surface area contributed by atoms with E-state index >= 15 is 0 Å². The van der Waals surface area contributed by atoms with Crippen LogP contribution < -0.4 is 5.32 Å². The number of hydrogen-bond donors (Lipinski definition) is 1. The number of aryl methyl sites for hydroxylation is 1. The lowest BCUT2D eigenvalue weighted by molar-refractivity contribution is 0.0947. The van der Waals surface area contributed by atoms with Gasteiger partial charge in [-0.05, 0) is 40.9 Å². The summed E-state index contributed by atoms with van der Waals surface area (Å²) in [4.78, 5) is 11.7. The Kier molecular flexibility index (Phi) is 3.54. The molecule has 1 amide bonds. The van der Waals surface area contributed by atoms with Gasteiger partial charge in [0.25, 0.3) is 5.91 Å². The van der Waals surface area contributed by atoms with Crippen molar-refractivity contribution < 1.29 is 9.18 Å². The molecule has 0 aliphatic heterocycles. The highest BCUT2D eigenvalue weighted by Gasteiger charge is 2.10. The van der Waals surface area contributed by atoms with E-state index in [2.05, 4.69) is 5.32 Å². The molecule has 17 heavy (non-hydrogen) atoms. The van der Waals surface area contributed by atoms with Gasteiger partial charge in [0.15, 0.2) is 0 Å². The third kappa shape index (κ3) is 2.71. The molecule has 0 aliphatic carbocycles. The van der Waals surface area contributed by atoms with E-state index in [9.17, 15) is 9.18 Å². The number of hydrogen-bond acceptors (Lipinski definition) is 2. The molecule has 0 saturated carbocycles. The van der Waals surface area contributed by atoms with Gasteiger partial charge in [-0.3, -0.25) is 4.79 Å². The van der Waals surface area contributed by atoms with Gasteiger partial charge < -0.3 is 5.32 Å². The molecule has 0 spiro atoms. The van der Waals surface area contributed by atoms with Gasteiger partial charge >= 0.3 is 0 Å². The zero-order valence-electron chi connectivity index (χ0n) is 9.37. The van der Waals surface area contributed by atoms with Crippen LogP contribution in [0.4, 0.5) is 4.39 Å². The number of rotatable bonds is 3. The van der Waals surface area contributed by atoms with Gasteiger partial charge in [-0.1, -0.05) is 12.1 Å². The topological polar surface area (TPSA) is 29.1 Å². The molecule has 4 heteroatoms. The fourth-order valence-electron chi connectivity index (χ4n) is 1.48. The summed E-state index contributed by atoms with van der Waals surface area (Å²) in [5.41, 5.74) is 2.30. The van der Waals surface area contributed by atoms with Crippen molar-refractivity contribution in [2.45, 2.75) is 13.5 Å². The highest BCUT2D eigenvalue weighted by Crippen LogP contribution is 2.13. The maximum Gasteiger partial charge on any atom is 0.254 e. The first-order valence-corrected chi connectivity index (χ1v) is 6.17. The minimum absolute atomic E-state index is 0.0837. The molecule has 0 aliphatic rings. The zero-order chi connectivity index (χ0) is 12.3. The molecule has 2 aromatic rings. The van der Waals surface area contributed by atoms with Crippen molar-refractivity contribution in [3.05, 3.63) is 57.5 Å². The summed E-state index contributed by atoms with van der Waals surface area (Å²) in [5.74, 6) is -0.874. The molecule has 0 unspecified atom stereocenters. The second-order valence-electron chi connectivity index (χ2n) is 3.74. The number of nitrogens with one attached hydrogen (secondary N) is 1. The first-order valence-electron chi connectivity index (χ1n) is 5.23. The highest BCUT2D eigenvalue weighted by molar-refractivity contribution is 7.08. The average molecular weight is 249 g/mol. The van der Waals surface area contributed by atoms with Crippen LogP contribution in [0.5, 0.6) is 0 Å². The van der Waals surface area contributed by atoms with Crippen LogP contribution in [0.15, 0.2) is 35.0 Å². The van der Waals surface area contributed by atoms with Crippen LogP contribution >= 0.6 is 11.3 Å². The fourth-order valence-corrected chi connectivity index (χ4v) is 2.34. The van der Waals surface area contributed by atoms with Gasteiger partial charge in [0.05, 0.1) is 5.56 Å². The predicted molar refractivity (Wildman–Crippen MR) is 66.6 cm³/mol. The maximum atomic E-state index is 13.3. The second-order valence-corrected chi connectivity index (χ2v) is 4.49. The minimum atomic E-state index is -0.493. The SMILES string of the molecule is Cc1cscc1CNC(=O)c1ccccc1F. The molecule has 1 aromatic heterocycles. The Labute approximate surface area is 103 Å². The third-order valence-electron chi connectivity index (χ3n) is 2.52. The number of amides is 1. The first kappa shape index (κ1) is 11.8. The van der Waals surface area contributed by atoms with Crippen LogP contribution in [0.2, 0.25) is 0 Å². The van der Waals surface area contributed by atoms with Gasteiger partial charge in [-0.2, -0.15) is 11.3 Å². The zero-order valence-corrected chi connectivity index (χ0v) is 10.2. The van der Waals surface area contributed by atoms with E-state index in [0.29, 0.717) is 6.54 Å². The summed E-state index contributed by atoms with van der Waals surface area (Å²) in [6.45, 7) is 2.42. The normalized spacial score (nSPS) is 10.2. The number of benzene rings is 1. The highest BCUT2D eigenvalue weighted by atomic mass is 32.1. The quantitative estimate of drug-likeness (QED) is 0.889. The lowest BCUT2D eigenvalue weighted by Gasteiger charge is -2.05. The van der Waals surface area contributed by atoms with E-state index < -0.39 is 5.82 Å². The molecule has 0 fully saturated rings. The summed E-state index contributed by atoms with van der Waals surface area (Å²) < 4.78 is 13.3. The summed E-state index contributed by atoms with van der Waals surface area (Å²) in [6, 6.07) is 5.97. The Morgan fingerprint density at radius 1 is 1.35 bits per heavy atom. The predicted octanol–water partition coefficient (Wildman–Crippen LogP) is 3.13. The van der Waals surface area contributed by atoms with E-state index in [0.717, 1.165) is 11.1 Å². The fraction of sp³-hybridized carbons (Fsp3) is 0.154. The van der Waals surface area contributed by atoms with Crippen molar-refractivity contribution in [3.63, 3.8) is 0 Å². The van der Waals surface area contributed by atoms with E-state index in [1.54, 1.807) is 23.5 Å². The molecular formula is C13H12FNOS. The molecule has 88 valence electrons. The first-order chi connectivity index (χ1) is 8.18. The molecule has 0 bridgehead atoms. The Morgan fingerprint density at radius 2 is 2.12 bits per heavy atom. The van der Waals surface area contributed by atoms with E-state index in [1.165, 1.54) is 12.1 Å². The van der Waals surface area contributed by atoms with E-state index in [4.69, 9.17) is 0 Å². The summed E-state index contributed by atoms with van der Waals surface area (Å²) >= 11 is 1.59. The Hall–Kier alpha value is -1.68. The van der Waals surface area contributed by atoms with E-state index in [-0.39, 0.29) is 11.5 Å². The molecule has 1 heterocycles. The minimum Gasteiger partial charge on any atom is -0.348 e. The van der Waals surface area contributed by atoms with E-state index in [1.807, 2.05) is 17.7 Å². The second kappa shape index (κ2) is 5.10. The van der Waals surface area contributed by atoms with Gasteiger partial charge in [-0.15, -0.1) is 0 Å². The van der Waals surface area contributed by atoms with Crippen molar-refractivity contribution in [3.8, 4) is 0 Å². The molecule has 2 nitrogen and oxygen atoms in total. The molecule has 1 aromatic carbocycles. The van der Waals surface area contributed by atoms with Crippen molar-refractivity contribution in [2.24, 2.45) is 0 Å². The number of carbonyl (C=O) groups excluding carboxylic acids is 1.